The number of carbonyl (C=O) groups excluding carboxylic acids is 1. The zero-order valence-electron chi connectivity index (χ0n) is 12.5. The summed E-state index contributed by atoms with van der Waals surface area (Å²) in [4.78, 5) is 13.4. The lowest BCUT2D eigenvalue weighted by molar-refractivity contribution is 0.0827. The summed E-state index contributed by atoms with van der Waals surface area (Å²) in [6.45, 7) is 0. The molecule has 1 amide bonds. The maximum Gasteiger partial charge on any atom is 0.253 e. The number of nitrogens with one attached hydrogen (secondary N) is 1. The first-order valence-corrected chi connectivity index (χ1v) is 7.28. The van der Waals surface area contributed by atoms with E-state index < -0.39 is 0 Å². The minimum absolute atomic E-state index is 0.0369. The molecule has 2 aromatic carbocycles. The van der Waals surface area contributed by atoms with Crippen molar-refractivity contribution in [2.75, 3.05) is 19.4 Å². The van der Waals surface area contributed by atoms with Gasteiger partial charge < -0.3 is 10.2 Å². The number of hydrogen-bond acceptors (Lipinski definition) is 2. The highest BCUT2D eigenvalue weighted by atomic mass is 16.2. The van der Waals surface area contributed by atoms with Crippen LogP contribution in [-0.2, 0) is 12.8 Å². The Balaban J connectivity index is 1.66. The van der Waals surface area contributed by atoms with Crippen molar-refractivity contribution in [3.05, 3.63) is 65.2 Å². The second kappa shape index (κ2) is 5.60. The molecule has 1 aliphatic rings. The van der Waals surface area contributed by atoms with E-state index in [9.17, 15) is 4.79 Å². The average molecular weight is 280 g/mol. The zero-order valence-corrected chi connectivity index (χ0v) is 12.5. The summed E-state index contributed by atoms with van der Waals surface area (Å²) >= 11 is 0. The van der Waals surface area contributed by atoms with Crippen LogP contribution >= 0.6 is 0 Å². The summed E-state index contributed by atoms with van der Waals surface area (Å²) in [6.07, 6.45) is 2.13. The van der Waals surface area contributed by atoms with Crippen molar-refractivity contribution in [3.63, 3.8) is 0 Å². The number of rotatable bonds is 3. The fourth-order valence-electron chi connectivity index (χ4n) is 2.86. The van der Waals surface area contributed by atoms with Crippen LogP contribution in [0.3, 0.4) is 0 Å². The molecule has 1 N–H and O–H groups in total. The third kappa shape index (κ3) is 2.92. The van der Waals surface area contributed by atoms with Crippen molar-refractivity contribution in [1.82, 2.24) is 4.90 Å². The first-order chi connectivity index (χ1) is 10.1. The Morgan fingerprint density at radius 3 is 2.10 bits per heavy atom. The molecule has 2 aromatic rings. The van der Waals surface area contributed by atoms with Crippen molar-refractivity contribution in [2.45, 2.75) is 18.9 Å². The first-order valence-electron chi connectivity index (χ1n) is 7.28. The SMILES string of the molecule is CN(C)C(=O)c1ccc(NC2Cc3ccccc3C2)cc1. The van der Waals surface area contributed by atoms with Crippen LogP contribution in [0.2, 0.25) is 0 Å². The van der Waals surface area contributed by atoms with E-state index in [0.29, 0.717) is 6.04 Å². The number of benzene rings is 2. The summed E-state index contributed by atoms with van der Waals surface area (Å²) in [7, 11) is 3.54. The molecule has 0 atom stereocenters. The second-order valence-corrected chi connectivity index (χ2v) is 5.80. The van der Waals surface area contributed by atoms with Crippen molar-refractivity contribution >= 4 is 11.6 Å². The standard InChI is InChI=1S/C18H20N2O/c1-20(2)18(21)13-7-9-16(10-8-13)19-17-11-14-5-3-4-6-15(14)12-17/h3-10,17,19H,11-12H2,1-2H3. The topological polar surface area (TPSA) is 32.3 Å². The van der Waals surface area contributed by atoms with Crippen LogP contribution < -0.4 is 5.32 Å². The van der Waals surface area contributed by atoms with Gasteiger partial charge >= 0.3 is 0 Å². The van der Waals surface area contributed by atoms with Crippen molar-refractivity contribution < 1.29 is 4.79 Å². The summed E-state index contributed by atoms with van der Waals surface area (Å²) in [5.74, 6) is 0.0369. The van der Waals surface area contributed by atoms with E-state index in [0.717, 1.165) is 24.1 Å². The molecule has 0 saturated heterocycles. The molecule has 1 aliphatic carbocycles. The smallest absolute Gasteiger partial charge is 0.253 e. The number of anilines is 1. The third-order valence-electron chi connectivity index (χ3n) is 3.96. The van der Waals surface area contributed by atoms with Gasteiger partial charge in [0.15, 0.2) is 0 Å². The minimum atomic E-state index is 0.0369. The van der Waals surface area contributed by atoms with Gasteiger partial charge in [0.1, 0.15) is 0 Å². The average Bonchev–Trinajstić information content (AvgIpc) is 2.89. The van der Waals surface area contributed by atoms with Gasteiger partial charge in [0.2, 0.25) is 0 Å². The van der Waals surface area contributed by atoms with E-state index in [-0.39, 0.29) is 5.91 Å². The third-order valence-corrected chi connectivity index (χ3v) is 3.96. The summed E-state index contributed by atoms with van der Waals surface area (Å²) < 4.78 is 0. The normalized spacial score (nSPS) is 13.8. The molecule has 0 heterocycles. The molecule has 21 heavy (non-hydrogen) atoms. The Hall–Kier alpha value is -2.29. The Morgan fingerprint density at radius 1 is 1.00 bits per heavy atom. The predicted octanol–water partition coefficient (Wildman–Crippen LogP) is 2.97. The molecule has 0 aromatic heterocycles. The van der Waals surface area contributed by atoms with E-state index in [1.54, 1.807) is 19.0 Å². The number of nitrogens with zero attached hydrogens (tertiary/aromatic N) is 1. The quantitative estimate of drug-likeness (QED) is 0.937. The van der Waals surface area contributed by atoms with Gasteiger partial charge in [-0.2, -0.15) is 0 Å². The van der Waals surface area contributed by atoms with Gasteiger partial charge in [0.25, 0.3) is 5.91 Å². The summed E-state index contributed by atoms with van der Waals surface area (Å²) in [6, 6.07) is 16.8. The Bertz CT molecular complexity index is 622. The Morgan fingerprint density at radius 2 is 1.57 bits per heavy atom. The molecule has 3 heteroatoms. The van der Waals surface area contributed by atoms with Crippen LogP contribution in [0.1, 0.15) is 21.5 Å². The predicted molar refractivity (Wildman–Crippen MR) is 85.7 cm³/mol. The maximum atomic E-state index is 11.9. The largest absolute Gasteiger partial charge is 0.382 e. The maximum absolute atomic E-state index is 11.9. The molecule has 0 unspecified atom stereocenters. The van der Waals surface area contributed by atoms with Crippen LogP contribution in [-0.4, -0.2) is 30.9 Å². The lowest BCUT2D eigenvalue weighted by Crippen LogP contribution is -2.22. The number of fused-ring (bicyclic) bond motifs is 1. The van der Waals surface area contributed by atoms with E-state index in [2.05, 4.69) is 29.6 Å². The molecule has 0 aliphatic heterocycles. The lowest BCUT2D eigenvalue weighted by Gasteiger charge is -2.15. The van der Waals surface area contributed by atoms with E-state index in [1.165, 1.54) is 11.1 Å². The molecular weight excluding hydrogens is 260 g/mol. The molecule has 3 rings (SSSR count). The molecule has 0 fully saturated rings. The van der Waals surface area contributed by atoms with Crippen molar-refractivity contribution in [3.8, 4) is 0 Å². The molecule has 0 saturated carbocycles. The van der Waals surface area contributed by atoms with Gasteiger partial charge in [-0.3, -0.25) is 4.79 Å². The van der Waals surface area contributed by atoms with Crippen LogP contribution in [0.5, 0.6) is 0 Å². The number of hydrogen-bond donors (Lipinski definition) is 1. The van der Waals surface area contributed by atoms with Crippen LogP contribution in [0, 0.1) is 0 Å². The summed E-state index contributed by atoms with van der Waals surface area (Å²) in [5, 5.41) is 3.56. The zero-order chi connectivity index (χ0) is 14.8. The molecule has 0 spiro atoms. The fraction of sp³-hybridized carbons (Fsp3) is 0.278. The van der Waals surface area contributed by atoms with E-state index in [4.69, 9.17) is 0 Å². The van der Waals surface area contributed by atoms with Gasteiger partial charge in [0.05, 0.1) is 0 Å². The monoisotopic (exact) mass is 280 g/mol. The molecule has 0 bridgehead atoms. The van der Waals surface area contributed by atoms with Crippen molar-refractivity contribution in [1.29, 1.82) is 0 Å². The fourth-order valence-corrected chi connectivity index (χ4v) is 2.86. The highest BCUT2D eigenvalue weighted by Gasteiger charge is 2.20. The molecular formula is C18H20N2O. The highest BCUT2D eigenvalue weighted by Crippen LogP contribution is 2.24. The molecule has 0 radical (unpaired) electrons. The second-order valence-electron chi connectivity index (χ2n) is 5.80. The van der Waals surface area contributed by atoms with Gasteiger partial charge in [-0.05, 0) is 48.2 Å². The van der Waals surface area contributed by atoms with Crippen LogP contribution in [0.25, 0.3) is 0 Å². The first kappa shape index (κ1) is 13.7. The van der Waals surface area contributed by atoms with Gasteiger partial charge in [-0.15, -0.1) is 0 Å². The van der Waals surface area contributed by atoms with Crippen LogP contribution in [0.15, 0.2) is 48.5 Å². The van der Waals surface area contributed by atoms with Crippen LogP contribution in [0.4, 0.5) is 5.69 Å². The lowest BCUT2D eigenvalue weighted by atomic mass is 10.1. The number of amides is 1. The Kier molecular flexibility index (Phi) is 3.65. The number of carbonyl (C=O) groups is 1. The molecule has 3 nitrogen and oxygen atoms in total. The van der Waals surface area contributed by atoms with Gasteiger partial charge in [-0.25, -0.2) is 0 Å². The van der Waals surface area contributed by atoms with Gasteiger partial charge in [0, 0.05) is 31.4 Å². The Labute approximate surface area is 125 Å². The minimum Gasteiger partial charge on any atom is -0.382 e. The summed E-state index contributed by atoms with van der Waals surface area (Å²) in [5.41, 5.74) is 4.67. The highest BCUT2D eigenvalue weighted by molar-refractivity contribution is 5.94. The van der Waals surface area contributed by atoms with Gasteiger partial charge in [-0.1, -0.05) is 24.3 Å². The van der Waals surface area contributed by atoms with E-state index in [1.807, 2.05) is 24.3 Å². The van der Waals surface area contributed by atoms with Crippen molar-refractivity contribution in [2.24, 2.45) is 0 Å². The van der Waals surface area contributed by atoms with E-state index >= 15 is 0 Å². The molecule has 108 valence electrons.